The Morgan fingerprint density at radius 2 is 2.53 bits per heavy atom. The number of ether oxygens (including phenoxy) is 2. The third-order valence-electron chi connectivity index (χ3n) is 2.93. The summed E-state index contributed by atoms with van der Waals surface area (Å²) in [6.07, 6.45) is 0.793. The molecular formula is C12H17NO3S. The molecular weight excluding hydrogens is 238 g/mol. The van der Waals surface area contributed by atoms with Gasteiger partial charge in [0.25, 0.3) is 0 Å². The maximum atomic E-state index is 11.8. The molecule has 94 valence electrons. The largest absolute Gasteiger partial charge is 0.465 e. The second-order valence-corrected chi connectivity index (χ2v) is 5.07. The van der Waals surface area contributed by atoms with Gasteiger partial charge in [-0.05, 0) is 18.5 Å². The molecule has 0 radical (unpaired) electrons. The van der Waals surface area contributed by atoms with Crippen LogP contribution in [-0.2, 0) is 20.7 Å². The summed E-state index contributed by atoms with van der Waals surface area (Å²) in [6.45, 7) is 1.50. The topological polar surface area (TPSA) is 47.6 Å². The van der Waals surface area contributed by atoms with Crippen LogP contribution in [0.4, 0.5) is 0 Å². The first-order valence-corrected chi connectivity index (χ1v) is 6.63. The average Bonchev–Trinajstić information content (AvgIpc) is 2.99. The maximum absolute atomic E-state index is 11.8. The Labute approximate surface area is 105 Å². The summed E-state index contributed by atoms with van der Waals surface area (Å²) in [7, 11) is 1.84. The number of carbonyl (C=O) groups is 1. The quantitative estimate of drug-likeness (QED) is 0.800. The molecule has 1 aromatic rings. The van der Waals surface area contributed by atoms with E-state index >= 15 is 0 Å². The van der Waals surface area contributed by atoms with Crippen molar-refractivity contribution < 1.29 is 14.3 Å². The van der Waals surface area contributed by atoms with Crippen molar-refractivity contribution >= 4 is 17.3 Å². The van der Waals surface area contributed by atoms with Crippen LogP contribution in [0.2, 0.25) is 0 Å². The third-order valence-corrected chi connectivity index (χ3v) is 3.86. The molecule has 5 heteroatoms. The molecule has 17 heavy (non-hydrogen) atoms. The molecule has 1 N–H and O–H groups in total. The lowest BCUT2D eigenvalue weighted by molar-refractivity contribution is -0.148. The Kier molecular flexibility index (Phi) is 4.53. The van der Waals surface area contributed by atoms with Crippen molar-refractivity contribution in [3.8, 4) is 0 Å². The van der Waals surface area contributed by atoms with E-state index in [-0.39, 0.29) is 17.9 Å². The van der Waals surface area contributed by atoms with Gasteiger partial charge in [-0.25, -0.2) is 0 Å². The van der Waals surface area contributed by atoms with Gasteiger partial charge in [-0.15, -0.1) is 11.3 Å². The SMILES string of the molecule is CNC1COCC1C(=O)OCCc1cccs1. The monoisotopic (exact) mass is 255 g/mol. The molecule has 0 aliphatic carbocycles. The van der Waals surface area contributed by atoms with E-state index in [1.807, 2.05) is 24.6 Å². The van der Waals surface area contributed by atoms with Crippen LogP contribution in [0.3, 0.4) is 0 Å². The van der Waals surface area contributed by atoms with E-state index < -0.39 is 0 Å². The van der Waals surface area contributed by atoms with Gasteiger partial charge in [-0.3, -0.25) is 4.79 Å². The van der Waals surface area contributed by atoms with Crippen LogP contribution in [0.1, 0.15) is 4.88 Å². The molecule has 0 spiro atoms. The number of esters is 1. The van der Waals surface area contributed by atoms with E-state index in [9.17, 15) is 4.79 Å². The van der Waals surface area contributed by atoms with Crippen LogP contribution in [0.15, 0.2) is 17.5 Å². The Morgan fingerprint density at radius 1 is 1.65 bits per heavy atom. The second-order valence-electron chi connectivity index (χ2n) is 4.04. The van der Waals surface area contributed by atoms with Crippen molar-refractivity contribution in [2.45, 2.75) is 12.5 Å². The highest BCUT2D eigenvalue weighted by molar-refractivity contribution is 7.09. The highest BCUT2D eigenvalue weighted by Crippen LogP contribution is 2.15. The summed E-state index contributed by atoms with van der Waals surface area (Å²) < 4.78 is 10.6. The van der Waals surface area contributed by atoms with Gasteiger partial charge in [0.05, 0.1) is 25.7 Å². The van der Waals surface area contributed by atoms with Gasteiger partial charge in [-0.2, -0.15) is 0 Å². The van der Waals surface area contributed by atoms with E-state index in [1.165, 1.54) is 4.88 Å². The van der Waals surface area contributed by atoms with Crippen LogP contribution < -0.4 is 5.32 Å². The molecule has 2 heterocycles. The van der Waals surface area contributed by atoms with Crippen molar-refractivity contribution in [2.24, 2.45) is 5.92 Å². The Morgan fingerprint density at radius 3 is 3.24 bits per heavy atom. The van der Waals surface area contributed by atoms with Gasteiger partial charge in [0.1, 0.15) is 0 Å². The predicted molar refractivity (Wildman–Crippen MR) is 66.1 cm³/mol. The first-order valence-electron chi connectivity index (χ1n) is 5.75. The minimum absolute atomic E-state index is 0.0873. The Bertz CT molecular complexity index is 353. The fourth-order valence-electron chi connectivity index (χ4n) is 1.89. The molecule has 0 amide bonds. The molecule has 1 aliphatic rings. The number of likely N-dealkylation sites (N-methyl/N-ethyl adjacent to an activating group) is 1. The third kappa shape index (κ3) is 3.28. The number of carbonyl (C=O) groups excluding carboxylic acids is 1. The van der Waals surface area contributed by atoms with E-state index in [2.05, 4.69) is 5.32 Å². The molecule has 0 aromatic carbocycles. The first-order chi connectivity index (χ1) is 8.31. The van der Waals surface area contributed by atoms with Gasteiger partial charge in [-0.1, -0.05) is 6.07 Å². The van der Waals surface area contributed by atoms with Crippen molar-refractivity contribution in [2.75, 3.05) is 26.9 Å². The second kappa shape index (κ2) is 6.14. The van der Waals surface area contributed by atoms with Gasteiger partial charge < -0.3 is 14.8 Å². The number of rotatable bonds is 5. The van der Waals surface area contributed by atoms with Crippen LogP contribution in [0.25, 0.3) is 0 Å². The summed E-state index contributed by atoms with van der Waals surface area (Å²) in [5.74, 6) is -0.318. The number of thiophene rings is 1. The van der Waals surface area contributed by atoms with E-state index in [0.717, 1.165) is 6.42 Å². The lowest BCUT2D eigenvalue weighted by Crippen LogP contribution is -2.38. The molecule has 2 unspecified atom stereocenters. The molecule has 2 atom stereocenters. The molecule has 1 saturated heterocycles. The molecule has 1 fully saturated rings. The number of nitrogens with one attached hydrogen (secondary N) is 1. The zero-order chi connectivity index (χ0) is 12.1. The van der Waals surface area contributed by atoms with Crippen LogP contribution in [0, 0.1) is 5.92 Å². The highest BCUT2D eigenvalue weighted by Gasteiger charge is 2.34. The number of hydrogen-bond acceptors (Lipinski definition) is 5. The molecule has 4 nitrogen and oxygen atoms in total. The van der Waals surface area contributed by atoms with Gasteiger partial charge in [0, 0.05) is 17.3 Å². The zero-order valence-corrected chi connectivity index (χ0v) is 10.7. The van der Waals surface area contributed by atoms with Crippen molar-refractivity contribution in [3.05, 3.63) is 22.4 Å². The van der Waals surface area contributed by atoms with Crippen molar-refractivity contribution in [1.29, 1.82) is 0 Å². The molecule has 0 saturated carbocycles. The Hall–Kier alpha value is -0.910. The lowest BCUT2D eigenvalue weighted by Gasteiger charge is -2.15. The smallest absolute Gasteiger partial charge is 0.312 e. The molecule has 2 rings (SSSR count). The zero-order valence-electron chi connectivity index (χ0n) is 9.85. The van der Waals surface area contributed by atoms with Crippen LogP contribution in [0.5, 0.6) is 0 Å². The van der Waals surface area contributed by atoms with Gasteiger partial charge >= 0.3 is 5.97 Å². The highest BCUT2D eigenvalue weighted by atomic mass is 32.1. The van der Waals surface area contributed by atoms with Crippen LogP contribution in [-0.4, -0.2) is 38.9 Å². The van der Waals surface area contributed by atoms with E-state index in [1.54, 1.807) is 11.3 Å². The minimum atomic E-state index is -0.164. The van der Waals surface area contributed by atoms with Gasteiger partial charge in [0.15, 0.2) is 0 Å². The molecule has 1 aromatic heterocycles. The van der Waals surface area contributed by atoms with Crippen molar-refractivity contribution in [1.82, 2.24) is 5.32 Å². The maximum Gasteiger partial charge on any atom is 0.312 e. The van der Waals surface area contributed by atoms with Gasteiger partial charge in [0.2, 0.25) is 0 Å². The summed E-state index contributed by atoms with van der Waals surface area (Å²) in [5.41, 5.74) is 0. The summed E-state index contributed by atoms with van der Waals surface area (Å²) >= 11 is 1.68. The van der Waals surface area contributed by atoms with Crippen molar-refractivity contribution in [3.63, 3.8) is 0 Å². The lowest BCUT2D eigenvalue weighted by atomic mass is 10.0. The standard InChI is InChI=1S/C12H17NO3S/c1-13-11-8-15-7-10(11)12(14)16-5-4-9-3-2-6-17-9/h2-3,6,10-11,13H,4-5,7-8H2,1H3. The Balaban J connectivity index is 1.73. The molecule has 1 aliphatic heterocycles. The predicted octanol–water partition coefficient (Wildman–Crippen LogP) is 1.07. The first kappa shape index (κ1) is 12.5. The average molecular weight is 255 g/mol. The number of hydrogen-bond donors (Lipinski definition) is 1. The fraction of sp³-hybridized carbons (Fsp3) is 0.583. The van der Waals surface area contributed by atoms with Crippen LogP contribution >= 0.6 is 11.3 Å². The minimum Gasteiger partial charge on any atom is -0.465 e. The molecule has 0 bridgehead atoms. The summed E-state index contributed by atoms with van der Waals surface area (Å²) in [4.78, 5) is 13.0. The fourth-order valence-corrected chi connectivity index (χ4v) is 2.58. The normalized spacial score (nSPS) is 23.8. The summed E-state index contributed by atoms with van der Waals surface area (Å²) in [6, 6.07) is 4.14. The summed E-state index contributed by atoms with van der Waals surface area (Å²) in [5, 5.41) is 5.10. The van der Waals surface area contributed by atoms with E-state index in [4.69, 9.17) is 9.47 Å². The van der Waals surface area contributed by atoms with E-state index in [0.29, 0.717) is 19.8 Å².